The van der Waals surface area contributed by atoms with Crippen molar-refractivity contribution in [3.63, 3.8) is 0 Å². The molecule has 0 aliphatic carbocycles. The van der Waals surface area contributed by atoms with Crippen LogP contribution >= 0.6 is 0 Å². The number of fused-ring (bicyclic) bond motifs is 1. The summed E-state index contributed by atoms with van der Waals surface area (Å²) < 4.78 is 19.3. The number of nitrogens with zero attached hydrogens (tertiary/aromatic N) is 1. The number of urea groups is 1. The van der Waals surface area contributed by atoms with Gasteiger partial charge in [0.1, 0.15) is 23.9 Å². The molecule has 0 saturated carbocycles. The highest BCUT2D eigenvalue weighted by molar-refractivity contribution is 6.14. The molecule has 0 aromatic heterocycles. The number of aryl methyl sites for hydroxylation is 1. The number of imide groups is 1. The van der Waals surface area contributed by atoms with E-state index in [1.54, 1.807) is 18.2 Å². The highest BCUT2D eigenvalue weighted by atomic mass is 19.1. The normalized spacial score (nSPS) is 14.6. The van der Waals surface area contributed by atoms with E-state index in [2.05, 4.69) is 5.32 Å². The second-order valence-electron chi connectivity index (χ2n) is 8.48. The Balaban J connectivity index is 1.47. The Morgan fingerprint density at radius 1 is 0.914 bits per heavy atom. The van der Waals surface area contributed by atoms with Gasteiger partial charge in [0.2, 0.25) is 0 Å². The standard InChI is InChI=1S/C29H23FN2O3/c1-19-5-4-6-21(15-19)17-32-28(33)26(31-29(32)34)16-25-24-8-3-2-7-22(24)11-14-27(25)35-18-20-9-12-23(30)13-10-20/h2-16H,17-18H2,1H3,(H,31,34)/b26-16+. The second-order valence-corrected chi connectivity index (χ2v) is 8.48. The molecule has 4 aromatic carbocycles. The molecule has 1 fully saturated rings. The van der Waals surface area contributed by atoms with E-state index in [1.807, 2.05) is 67.6 Å². The number of ether oxygens (including phenoxy) is 1. The number of hydrogen-bond donors (Lipinski definition) is 1. The highest BCUT2D eigenvalue weighted by Crippen LogP contribution is 2.32. The van der Waals surface area contributed by atoms with E-state index in [0.717, 1.165) is 27.5 Å². The van der Waals surface area contributed by atoms with Crippen molar-refractivity contribution in [2.45, 2.75) is 20.1 Å². The summed E-state index contributed by atoms with van der Waals surface area (Å²) in [6.45, 7) is 2.39. The predicted molar refractivity (Wildman–Crippen MR) is 133 cm³/mol. The number of nitrogens with one attached hydrogen (secondary N) is 1. The molecule has 0 atom stereocenters. The molecular weight excluding hydrogens is 443 g/mol. The van der Waals surface area contributed by atoms with Gasteiger partial charge < -0.3 is 10.1 Å². The van der Waals surface area contributed by atoms with Gasteiger partial charge in [0.25, 0.3) is 5.91 Å². The van der Waals surface area contributed by atoms with Crippen LogP contribution in [0.2, 0.25) is 0 Å². The first kappa shape index (κ1) is 22.3. The van der Waals surface area contributed by atoms with Gasteiger partial charge in [0.05, 0.1) is 6.54 Å². The maximum Gasteiger partial charge on any atom is 0.329 e. The van der Waals surface area contributed by atoms with Crippen LogP contribution in [0.4, 0.5) is 9.18 Å². The van der Waals surface area contributed by atoms with Gasteiger partial charge in [-0.15, -0.1) is 0 Å². The lowest BCUT2D eigenvalue weighted by atomic mass is 10.0. The number of carbonyl (C=O) groups is 2. The fourth-order valence-corrected chi connectivity index (χ4v) is 4.14. The summed E-state index contributed by atoms with van der Waals surface area (Å²) in [5, 5.41) is 4.57. The van der Waals surface area contributed by atoms with Crippen molar-refractivity contribution in [3.05, 3.63) is 119 Å². The van der Waals surface area contributed by atoms with Gasteiger partial charge in [-0.3, -0.25) is 9.69 Å². The van der Waals surface area contributed by atoms with E-state index >= 15 is 0 Å². The SMILES string of the molecule is Cc1cccc(CN2C(=O)N/C(=C/c3c(OCc4ccc(F)cc4)ccc4ccccc34)C2=O)c1. The third kappa shape index (κ3) is 4.77. The van der Waals surface area contributed by atoms with Crippen molar-refractivity contribution >= 4 is 28.8 Å². The zero-order valence-electron chi connectivity index (χ0n) is 19.1. The van der Waals surface area contributed by atoms with Crippen LogP contribution in [0.15, 0.2) is 90.6 Å². The molecule has 0 radical (unpaired) electrons. The Kier molecular flexibility index (Phi) is 6.02. The summed E-state index contributed by atoms with van der Waals surface area (Å²) >= 11 is 0. The van der Waals surface area contributed by atoms with Gasteiger partial charge in [-0.1, -0.05) is 72.3 Å². The Bertz CT molecular complexity index is 1460. The Labute approximate surface area is 202 Å². The number of benzene rings is 4. The number of carbonyl (C=O) groups excluding carboxylic acids is 2. The quantitative estimate of drug-likeness (QED) is 0.282. The second kappa shape index (κ2) is 9.43. The number of hydrogen-bond acceptors (Lipinski definition) is 3. The van der Waals surface area contributed by atoms with Gasteiger partial charge in [0.15, 0.2) is 0 Å². The molecule has 1 N–H and O–H groups in total. The van der Waals surface area contributed by atoms with Gasteiger partial charge >= 0.3 is 6.03 Å². The van der Waals surface area contributed by atoms with Crippen molar-refractivity contribution in [1.29, 1.82) is 0 Å². The van der Waals surface area contributed by atoms with E-state index in [-0.39, 0.29) is 24.7 Å². The lowest BCUT2D eigenvalue weighted by molar-refractivity contribution is -0.123. The monoisotopic (exact) mass is 466 g/mol. The average Bonchev–Trinajstić information content (AvgIpc) is 3.12. The van der Waals surface area contributed by atoms with E-state index in [0.29, 0.717) is 11.3 Å². The van der Waals surface area contributed by atoms with E-state index in [1.165, 1.54) is 17.0 Å². The smallest absolute Gasteiger partial charge is 0.329 e. The van der Waals surface area contributed by atoms with Crippen molar-refractivity contribution < 1.29 is 18.7 Å². The molecule has 4 aromatic rings. The Hall–Kier alpha value is -4.45. The summed E-state index contributed by atoms with van der Waals surface area (Å²) in [6.07, 6.45) is 1.67. The molecule has 6 heteroatoms. The molecule has 0 bridgehead atoms. The average molecular weight is 467 g/mol. The lowest BCUT2D eigenvalue weighted by Crippen LogP contribution is -2.30. The van der Waals surface area contributed by atoms with Crippen LogP contribution in [-0.2, 0) is 17.9 Å². The molecule has 1 aliphatic heterocycles. The van der Waals surface area contributed by atoms with Gasteiger partial charge in [-0.2, -0.15) is 0 Å². The zero-order valence-corrected chi connectivity index (χ0v) is 19.1. The molecule has 1 saturated heterocycles. The molecule has 5 nitrogen and oxygen atoms in total. The first-order valence-electron chi connectivity index (χ1n) is 11.3. The van der Waals surface area contributed by atoms with Gasteiger partial charge in [-0.05, 0) is 53.1 Å². The fourth-order valence-electron chi connectivity index (χ4n) is 4.14. The summed E-state index contributed by atoms with van der Waals surface area (Å²) in [5.74, 6) is -0.149. The van der Waals surface area contributed by atoms with Crippen LogP contribution in [0.3, 0.4) is 0 Å². The Morgan fingerprint density at radius 3 is 2.51 bits per heavy atom. The molecule has 174 valence electrons. The molecule has 0 unspecified atom stereocenters. The maximum absolute atomic E-state index is 13.3. The van der Waals surface area contributed by atoms with Crippen molar-refractivity contribution in [3.8, 4) is 5.75 Å². The minimum Gasteiger partial charge on any atom is -0.488 e. The Morgan fingerprint density at radius 2 is 1.71 bits per heavy atom. The van der Waals surface area contributed by atoms with Crippen LogP contribution in [0.1, 0.15) is 22.3 Å². The van der Waals surface area contributed by atoms with Crippen LogP contribution in [0.5, 0.6) is 5.75 Å². The third-order valence-electron chi connectivity index (χ3n) is 5.91. The van der Waals surface area contributed by atoms with Crippen molar-refractivity contribution in [2.24, 2.45) is 0 Å². The summed E-state index contributed by atoms with van der Waals surface area (Å²) in [6, 6.07) is 24.9. The fraction of sp³-hybridized carbons (Fsp3) is 0.103. The molecule has 1 aliphatic rings. The molecular formula is C29H23FN2O3. The first-order chi connectivity index (χ1) is 17.0. The van der Waals surface area contributed by atoms with E-state index in [9.17, 15) is 14.0 Å². The minimum absolute atomic E-state index is 0.186. The predicted octanol–water partition coefficient (Wildman–Crippen LogP) is 5.96. The van der Waals surface area contributed by atoms with Crippen LogP contribution in [0, 0.1) is 12.7 Å². The molecule has 0 spiro atoms. The maximum atomic E-state index is 13.3. The molecule has 3 amide bonds. The lowest BCUT2D eigenvalue weighted by Gasteiger charge is -2.13. The van der Waals surface area contributed by atoms with Crippen LogP contribution < -0.4 is 10.1 Å². The number of rotatable bonds is 6. The van der Waals surface area contributed by atoms with E-state index < -0.39 is 11.9 Å². The molecule has 1 heterocycles. The molecule has 5 rings (SSSR count). The topological polar surface area (TPSA) is 58.6 Å². The number of halogens is 1. The van der Waals surface area contributed by atoms with Crippen LogP contribution in [-0.4, -0.2) is 16.8 Å². The largest absolute Gasteiger partial charge is 0.488 e. The first-order valence-corrected chi connectivity index (χ1v) is 11.3. The van der Waals surface area contributed by atoms with Crippen molar-refractivity contribution in [1.82, 2.24) is 10.2 Å². The summed E-state index contributed by atoms with van der Waals surface area (Å²) in [7, 11) is 0. The summed E-state index contributed by atoms with van der Waals surface area (Å²) in [4.78, 5) is 27.0. The van der Waals surface area contributed by atoms with Crippen molar-refractivity contribution in [2.75, 3.05) is 0 Å². The minimum atomic E-state index is -0.461. The third-order valence-corrected chi connectivity index (χ3v) is 5.91. The van der Waals surface area contributed by atoms with Crippen LogP contribution in [0.25, 0.3) is 16.8 Å². The number of amides is 3. The zero-order chi connectivity index (χ0) is 24.4. The van der Waals surface area contributed by atoms with Gasteiger partial charge in [-0.25, -0.2) is 9.18 Å². The van der Waals surface area contributed by atoms with Gasteiger partial charge in [0, 0.05) is 5.56 Å². The highest BCUT2D eigenvalue weighted by Gasteiger charge is 2.33. The molecule has 35 heavy (non-hydrogen) atoms. The summed E-state index contributed by atoms with van der Waals surface area (Å²) in [5.41, 5.74) is 3.62. The van der Waals surface area contributed by atoms with E-state index in [4.69, 9.17) is 4.74 Å².